The molecule has 0 saturated carbocycles. The summed E-state index contributed by atoms with van der Waals surface area (Å²) < 4.78 is 0. The molecule has 0 aliphatic rings. The Kier molecular flexibility index (Phi) is 11.5. The minimum absolute atomic E-state index is 0.0675. The molecular formula is C8H17NO3. The lowest BCUT2D eigenvalue weighted by Gasteiger charge is -1.96. The van der Waals surface area contributed by atoms with Crippen molar-refractivity contribution in [3.63, 3.8) is 0 Å². The van der Waals surface area contributed by atoms with E-state index in [1.807, 2.05) is 13.8 Å². The van der Waals surface area contributed by atoms with Gasteiger partial charge in [0.1, 0.15) is 5.78 Å². The first-order valence-electron chi connectivity index (χ1n) is 4.05. The van der Waals surface area contributed by atoms with Gasteiger partial charge in [0.15, 0.2) is 0 Å². The number of carbonyl (C=O) groups is 2. The molecule has 0 bridgehead atoms. The molecule has 2 N–H and O–H groups in total. The van der Waals surface area contributed by atoms with Crippen molar-refractivity contribution in [3.05, 3.63) is 0 Å². The number of hydrogen-bond acceptors (Lipinski definition) is 3. The van der Waals surface area contributed by atoms with Gasteiger partial charge in [-0.1, -0.05) is 13.8 Å². The molecule has 0 rings (SSSR count). The van der Waals surface area contributed by atoms with Crippen LogP contribution in [0.25, 0.3) is 0 Å². The van der Waals surface area contributed by atoms with E-state index in [1.165, 1.54) is 6.92 Å². The summed E-state index contributed by atoms with van der Waals surface area (Å²) in [5.74, 6) is -0.832. The molecule has 0 radical (unpaired) electrons. The molecule has 4 nitrogen and oxygen atoms in total. The van der Waals surface area contributed by atoms with E-state index in [9.17, 15) is 9.59 Å². The number of hydrogen-bond donors (Lipinski definition) is 2. The summed E-state index contributed by atoms with van der Waals surface area (Å²) in [6.45, 7) is 5.84. The van der Waals surface area contributed by atoms with Crippen LogP contribution in [-0.2, 0) is 9.59 Å². The van der Waals surface area contributed by atoms with Crippen LogP contribution >= 0.6 is 0 Å². The number of carbonyl (C=O) groups excluding carboxylic acids is 1. The fourth-order valence-corrected chi connectivity index (χ4v) is 0.460. The van der Waals surface area contributed by atoms with Crippen molar-refractivity contribution in [1.82, 2.24) is 5.32 Å². The number of nitrogens with one attached hydrogen (secondary N) is 1. The molecule has 4 heteroatoms. The molecule has 0 heterocycles. The standard InChI is InChI=1S/C6H11NO3.C2H6/c1-5(8)2-3-7-4-6(9)10;1-2/h7H,2-4H2,1H3,(H,9,10);1-2H3. The molecule has 0 spiro atoms. The molecule has 0 saturated heterocycles. The molecule has 0 aliphatic carbocycles. The van der Waals surface area contributed by atoms with Gasteiger partial charge in [-0.15, -0.1) is 0 Å². The zero-order valence-corrected chi connectivity index (χ0v) is 7.89. The summed E-state index contributed by atoms with van der Waals surface area (Å²) in [7, 11) is 0. The van der Waals surface area contributed by atoms with Gasteiger partial charge in [0.05, 0.1) is 6.54 Å². The van der Waals surface area contributed by atoms with E-state index in [2.05, 4.69) is 5.32 Å². The van der Waals surface area contributed by atoms with Crippen LogP contribution < -0.4 is 5.32 Å². The Morgan fingerprint density at radius 3 is 2.17 bits per heavy atom. The summed E-state index contributed by atoms with van der Waals surface area (Å²) in [4.78, 5) is 20.2. The molecular weight excluding hydrogens is 158 g/mol. The molecule has 0 amide bonds. The van der Waals surface area contributed by atoms with Crippen molar-refractivity contribution in [3.8, 4) is 0 Å². The van der Waals surface area contributed by atoms with E-state index >= 15 is 0 Å². The second kappa shape index (κ2) is 10.1. The minimum atomic E-state index is -0.899. The van der Waals surface area contributed by atoms with E-state index < -0.39 is 5.97 Å². The number of carboxylic acid groups (broad SMARTS) is 1. The molecule has 0 aliphatic heterocycles. The summed E-state index contributed by atoms with van der Waals surface area (Å²) in [5, 5.41) is 10.7. The smallest absolute Gasteiger partial charge is 0.317 e. The van der Waals surface area contributed by atoms with E-state index in [0.29, 0.717) is 13.0 Å². The highest BCUT2D eigenvalue weighted by Gasteiger charge is 1.95. The monoisotopic (exact) mass is 175 g/mol. The van der Waals surface area contributed by atoms with Gasteiger partial charge in [0, 0.05) is 13.0 Å². The maximum Gasteiger partial charge on any atom is 0.317 e. The van der Waals surface area contributed by atoms with Gasteiger partial charge in [0.25, 0.3) is 0 Å². The lowest BCUT2D eigenvalue weighted by atomic mass is 10.3. The SMILES string of the molecule is CC.CC(=O)CCNCC(=O)O. The predicted molar refractivity (Wildman–Crippen MR) is 47.2 cm³/mol. The van der Waals surface area contributed by atoms with Gasteiger partial charge in [-0.2, -0.15) is 0 Å². The molecule has 0 fully saturated rings. The van der Waals surface area contributed by atoms with Crippen LogP contribution in [0.2, 0.25) is 0 Å². The molecule has 12 heavy (non-hydrogen) atoms. The lowest BCUT2D eigenvalue weighted by molar-refractivity contribution is -0.136. The lowest BCUT2D eigenvalue weighted by Crippen LogP contribution is -2.24. The van der Waals surface area contributed by atoms with Crippen LogP contribution in [0.1, 0.15) is 27.2 Å². The third-order valence-electron chi connectivity index (χ3n) is 0.930. The third-order valence-corrected chi connectivity index (χ3v) is 0.930. The molecule has 0 aromatic carbocycles. The quantitative estimate of drug-likeness (QED) is 0.602. The fourth-order valence-electron chi connectivity index (χ4n) is 0.460. The third kappa shape index (κ3) is 16.0. The summed E-state index contributed by atoms with van der Waals surface area (Å²) in [5.41, 5.74) is 0. The topological polar surface area (TPSA) is 66.4 Å². The van der Waals surface area contributed by atoms with Gasteiger partial charge in [-0.05, 0) is 6.92 Å². The Morgan fingerprint density at radius 2 is 1.83 bits per heavy atom. The molecule has 0 aromatic heterocycles. The summed E-state index contributed by atoms with van der Waals surface area (Å²) in [6, 6.07) is 0. The zero-order valence-electron chi connectivity index (χ0n) is 7.89. The zero-order chi connectivity index (χ0) is 9.98. The van der Waals surface area contributed by atoms with Crippen molar-refractivity contribution in [2.24, 2.45) is 0 Å². The van der Waals surface area contributed by atoms with Crippen molar-refractivity contribution in [2.75, 3.05) is 13.1 Å². The highest BCUT2D eigenvalue weighted by molar-refractivity contribution is 5.75. The number of rotatable bonds is 5. The van der Waals surface area contributed by atoms with Crippen LogP contribution in [0.15, 0.2) is 0 Å². The minimum Gasteiger partial charge on any atom is -0.480 e. The first kappa shape index (κ1) is 13.7. The van der Waals surface area contributed by atoms with Gasteiger partial charge in [0.2, 0.25) is 0 Å². The maximum atomic E-state index is 10.3. The van der Waals surface area contributed by atoms with Crippen LogP contribution in [0.5, 0.6) is 0 Å². The van der Waals surface area contributed by atoms with Gasteiger partial charge in [-0.3, -0.25) is 9.59 Å². The van der Waals surface area contributed by atoms with Crippen LogP contribution in [0.3, 0.4) is 0 Å². The Bertz CT molecular complexity index is 118. The number of Topliss-reactive ketones (excluding diaryl/α,β-unsaturated/α-hetero) is 1. The van der Waals surface area contributed by atoms with Crippen molar-refractivity contribution < 1.29 is 14.7 Å². The highest BCUT2D eigenvalue weighted by atomic mass is 16.4. The Hall–Kier alpha value is -0.900. The number of ketones is 1. The molecule has 72 valence electrons. The average Bonchev–Trinajstić information content (AvgIpc) is 2.02. The van der Waals surface area contributed by atoms with E-state index in [1.54, 1.807) is 0 Å². The van der Waals surface area contributed by atoms with Crippen molar-refractivity contribution in [1.29, 1.82) is 0 Å². The number of aliphatic carboxylic acids is 1. The second-order valence-electron chi connectivity index (χ2n) is 2.02. The first-order valence-corrected chi connectivity index (χ1v) is 4.05. The maximum absolute atomic E-state index is 10.3. The Labute approximate surface area is 73.0 Å². The van der Waals surface area contributed by atoms with E-state index in [4.69, 9.17) is 5.11 Å². The Morgan fingerprint density at radius 1 is 1.33 bits per heavy atom. The fraction of sp³-hybridized carbons (Fsp3) is 0.750. The predicted octanol–water partition coefficient (Wildman–Crippen LogP) is 0.666. The molecule has 0 atom stereocenters. The van der Waals surface area contributed by atoms with Gasteiger partial charge >= 0.3 is 5.97 Å². The van der Waals surface area contributed by atoms with Crippen LogP contribution in [-0.4, -0.2) is 29.9 Å². The highest BCUT2D eigenvalue weighted by Crippen LogP contribution is 1.76. The van der Waals surface area contributed by atoms with Crippen molar-refractivity contribution >= 4 is 11.8 Å². The summed E-state index contributed by atoms with van der Waals surface area (Å²) in [6.07, 6.45) is 0.396. The molecule has 0 unspecified atom stereocenters. The average molecular weight is 175 g/mol. The van der Waals surface area contributed by atoms with Crippen LogP contribution in [0.4, 0.5) is 0 Å². The summed E-state index contributed by atoms with van der Waals surface area (Å²) >= 11 is 0. The normalized spacial score (nSPS) is 8.25. The largest absolute Gasteiger partial charge is 0.480 e. The van der Waals surface area contributed by atoms with E-state index in [0.717, 1.165) is 0 Å². The Balaban J connectivity index is 0. The van der Waals surface area contributed by atoms with Gasteiger partial charge < -0.3 is 10.4 Å². The van der Waals surface area contributed by atoms with E-state index in [-0.39, 0.29) is 12.3 Å². The second-order valence-corrected chi connectivity index (χ2v) is 2.02. The van der Waals surface area contributed by atoms with Gasteiger partial charge in [-0.25, -0.2) is 0 Å². The van der Waals surface area contributed by atoms with Crippen LogP contribution in [0, 0.1) is 0 Å². The number of carboxylic acids is 1. The van der Waals surface area contributed by atoms with Crippen molar-refractivity contribution in [2.45, 2.75) is 27.2 Å². The first-order chi connectivity index (χ1) is 5.63. The molecule has 0 aromatic rings.